The first kappa shape index (κ1) is 10.2. The highest BCUT2D eigenvalue weighted by atomic mass is 16.4. The van der Waals surface area contributed by atoms with E-state index in [9.17, 15) is 14.7 Å². The molecule has 1 aromatic carbocycles. The zero-order valence-corrected chi connectivity index (χ0v) is 7.74. The Morgan fingerprint density at radius 3 is 2.50 bits per heavy atom. The van der Waals surface area contributed by atoms with Gasteiger partial charge in [-0.2, -0.15) is 0 Å². The summed E-state index contributed by atoms with van der Waals surface area (Å²) in [5.74, 6) is -1.39. The maximum atomic E-state index is 10.8. The molecule has 0 bridgehead atoms. The van der Waals surface area contributed by atoms with Gasteiger partial charge in [0.1, 0.15) is 0 Å². The standard InChI is InChI=1S/C10H10NO3/c1-7(12)11-9-5-3-2-4-8(9)6-10(13)14/h2-5H,6H2,1H3,(H,11,12). The first-order valence-electron chi connectivity index (χ1n) is 4.15. The molecule has 1 amide bonds. The Labute approximate surface area is 81.6 Å². The summed E-state index contributed by atoms with van der Waals surface area (Å²) < 4.78 is 0. The van der Waals surface area contributed by atoms with Crippen molar-refractivity contribution in [2.75, 3.05) is 5.32 Å². The molecule has 0 fully saturated rings. The fourth-order valence-corrected chi connectivity index (χ4v) is 1.14. The molecule has 0 heterocycles. The van der Waals surface area contributed by atoms with Crippen molar-refractivity contribution in [2.24, 2.45) is 0 Å². The van der Waals surface area contributed by atoms with Gasteiger partial charge in [0.2, 0.25) is 5.91 Å². The zero-order valence-electron chi connectivity index (χ0n) is 7.74. The molecule has 0 unspecified atom stereocenters. The lowest BCUT2D eigenvalue weighted by molar-refractivity contribution is -0.142. The molecular formula is C10H10NO3. The number of amides is 1. The summed E-state index contributed by atoms with van der Waals surface area (Å²) in [6.45, 7) is 1.37. The molecule has 0 atom stereocenters. The first-order valence-corrected chi connectivity index (χ1v) is 4.15. The summed E-state index contributed by atoms with van der Waals surface area (Å²) in [5.41, 5.74) is 1.06. The highest BCUT2D eigenvalue weighted by Crippen LogP contribution is 2.15. The Hall–Kier alpha value is -1.84. The third-order valence-corrected chi connectivity index (χ3v) is 1.66. The van der Waals surface area contributed by atoms with Crippen molar-refractivity contribution in [1.29, 1.82) is 0 Å². The van der Waals surface area contributed by atoms with E-state index in [2.05, 4.69) is 5.32 Å². The Morgan fingerprint density at radius 1 is 1.29 bits per heavy atom. The van der Waals surface area contributed by atoms with Gasteiger partial charge in [0, 0.05) is 12.6 Å². The van der Waals surface area contributed by atoms with Crippen LogP contribution in [0.2, 0.25) is 0 Å². The molecule has 0 aromatic heterocycles. The van der Waals surface area contributed by atoms with Crippen molar-refractivity contribution in [2.45, 2.75) is 13.3 Å². The summed E-state index contributed by atoms with van der Waals surface area (Å²) in [6.07, 6.45) is -0.198. The number of rotatable bonds is 3. The van der Waals surface area contributed by atoms with E-state index in [0.717, 1.165) is 0 Å². The third kappa shape index (κ3) is 2.90. The average Bonchev–Trinajstić information content (AvgIpc) is 2.06. The van der Waals surface area contributed by atoms with E-state index < -0.39 is 5.97 Å². The average molecular weight is 192 g/mol. The molecule has 0 aliphatic heterocycles. The van der Waals surface area contributed by atoms with Gasteiger partial charge >= 0.3 is 5.97 Å². The quantitative estimate of drug-likeness (QED) is 0.780. The number of benzene rings is 1. The van der Waals surface area contributed by atoms with E-state index in [1.807, 2.05) is 0 Å². The molecule has 1 aromatic rings. The fourth-order valence-electron chi connectivity index (χ4n) is 1.14. The second kappa shape index (κ2) is 4.41. The Bertz CT molecular complexity index is 325. The van der Waals surface area contributed by atoms with Crippen molar-refractivity contribution in [1.82, 2.24) is 0 Å². The minimum atomic E-state index is -1.16. The second-order valence-electron chi connectivity index (χ2n) is 2.89. The fraction of sp³-hybridized carbons (Fsp3) is 0.200. The van der Waals surface area contributed by atoms with Gasteiger partial charge < -0.3 is 5.32 Å². The number of para-hydroxylation sites is 1. The molecule has 0 aliphatic carbocycles. The van der Waals surface area contributed by atoms with Crippen LogP contribution in [0.1, 0.15) is 12.5 Å². The zero-order chi connectivity index (χ0) is 10.6. The molecule has 0 spiro atoms. The number of carbonyl (C=O) groups excluding carboxylic acids is 2. The molecule has 0 saturated carbocycles. The van der Waals surface area contributed by atoms with Crippen LogP contribution in [0.5, 0.6) is 0 Å². The van der Waals surface area contributed by atoms with E-state index in [0.29, 0.717) is 11.3 Å². The minimum Gasteiger partial charge on any atom is -0.326 e. The van der Waals surface area contributed by atoms with Crippen LogP contribution in [0, 0.1) is 0 Å². The lowest BCUT2D eigenvalue weighted by Gasteiger charge is -2.06. The molecule has 4 heteroatoms. The second-order valence-corrected chi connectivity index (χ2v) is 2.89. The van der Waals surface area contributed by atoms with Crippen molar-refractivity contribution >= 4 is 17.6 Å². The molecule has 0 aliphatic rings. The number of hydrogen-bond donors (Lipinski definition) is 1. The summed E-state index contributed by atoms with van der Waals surface area (Å²) in [6, 6.07) is 6.73. The van der Waals surface area contributed by atoms with Crippen molar-refractivity contribution in [3.63, 3.8) is 0 Å². The number of nitrogens with one attached hydrogen (secondary N) is 1. The van der Waals surface area contributed by atoms with E-state index in [1.54, 1.807) is 24.3 Å². The summed E-state index contributed by atoms with van der Waals surface area (Å²) >= 11 is 0. The SMILES string of the molecule is CC(=O)Nc1ccccc1CC([O])=O. The lowest BCUT2D eigenvalue weighted by Crippen LogP contribution is -2.09. The molecule has 73 valence electrons. The Morgan fingerprint density at radius 2 is 1.93 bits per heavy atom. The van der Waals surface area contributed by atoms with Gasteiger partial charge in [-0.05, 0) is 11.6 Å². The van der Waals surface area contributed by atoms with Gasteiger partial charge in [-0.1, -0.05) is 18.2 Å². The Balaban J connectivity index is 2.90. The predicted octanol–water partition coefficient (Wildman–Crippen LogP) is 1.14. The van der Waals surface area contributed by atoms with Crippen LogP contribution in [-0.2, 0) is 21.1 Å². The third-order valence-electron chi connectivity index (χ3n) is 1.66. The molecule has 1 N–H and O–H groups in total. The molecule has 1 rings (SSSR count). The van der Waals surface area contributed by atoms with Gasteiger partial charge in [-0.25, -0.2) is 9.90 Å². The van der Waals surface area contributed by atoms with Crippen LogP contribution < -0.4 is 5.32 Å². The number of anilines is 1. The lowest BCUT2D eigenvalue weighted by atomic mass is 10.1. The first-order chi connectivity index (χ1) is 6.59. The summed E-state index contributed by atoms with van der Waals surface area (Å²) in [7, 11) is 0. The Kier molecular flexibility index (Phi) is 3.23. The van der Waals surface area contributed by atoms with E-state index in [4.69, 9.17) is 0 Å². The van der Waals surface area contributed by atoms with Crippen LogP contribution in [0.25, 0.3) is 0 Å². The van der Waals surface area contributed by atoms with Crippen LogP contribution >= 0.6 is 0 Å². The highest BCUT2D eigenvalue weighted by molar-refractivity contribution is 5.90. The largest absolute Gasteiger partial charge is 0.360 e. The van der Waals surface area contributed by atoms with Crippen LogP contribution in [-0.4, -0.2) is 11.9 Å². The van der Waals surface area contributed by atoms with Gasteiger partial charge in [0.15, 0.2) is 0 Å². The van der Waals surface area contributed by atoms with Crippen molar-refractivity contribution in [3.8, 4) is 0 Å². The van der Waals surface area contributed by atoms with Crippen LogP contribution in [0.4, 0.5) is 5.69 Å². The van der Waals surface area contributed by atoms with E-state index in [1.165, 1.54) is 6.92 Å². The normalized spacial score (nSPS) is 9.50. The van der Waals surface area contributed by atoms with Crippen molar-refractivity contribution < 1.29 is 14.7 Å². The molecule has 14 heavy (non-hydrogen) atoms. The molecule has 0 saturated heterocycles. The summed E-state index contributed by atoms with van der Waals surface area (Å²) in [5, 5.41) is 12.9. The van der Waals surface area contributed by atoms with Gasteiger partial charge in [-0.3, -0.25) is 4.79 Å². The van der Waals surface area contributed by atoms with Gasteiger partial charge in [-0.15, -0.1) is 0 Å². The number of carbonyl (C=O) groups is 2. The molecular weight excluding hydrogens is 182 g/mol. The predicted molar refractivity (Wildman–Crippen MR) is 50.1 cm³/mol. The van der Waals surface area contributed by atoms with Crippen LogP contribution in [0.3, 0.4) is 0 Å². The van der Waals surface area contributed by atoms with Gasteiger partial charge in [0.25, 0.3) is 0 Å². The van der Waals surface area contributed by atoms with Gasteiger partial charge in [0.05, 0.1) is 6.42 Å². The monoisotopic (exact) mass is 192 g/mol. The topological polar surface area (TPSA) is 66.1 Å². The van der Waals surface area contributed by atoms with Crippen LogP contribution in [0.15, 0.2) is 24.3 Å². The minimum absolute atomic E-state index is 0.198. The smallest absolute Gasteiger partial charge is 0.326 e. The summed E-state index contributed by atoms with van der Waals surface area (Å²) in [4.78, 5) is 21.2. The van der Waals surface area contributed by atoms with E-state index >= 15 is 0 Å². The number of hydrogen-bond acceptors (Lipinski definition) is 2. The molecule has 1 radical (unpaired) electrons. The van der Waals surface area contributed by atoms with Crippen molar-refractivity contribution in [3.05, 3.63) is 29.8 Å². The maximum Gasteiger partial charge on any atom is 0.360 e. The van der Waals surface area contributed by atoms with E-state index in [-0.39, 0.29) is 12.3 Å². The highest BCUT2D eigenvalue weighted by Gasteiger charge is 2.07. The maximum absolute atomic E-state index is 10.8. The molecule has 4 nitrogen and oxygen atoms in total.